The van der Waals surface area contributed by atoms with Crippen molar-refractivity contribution in [3.8, 4) is 5.69 Å². The molecule has 0 aliphatic heterocycles. The molecule has 0 saturated heterocycles. The molecule has 0 aliphatic carbocycles. The third-order valence-electron chi connectivity index (χ3n) is 3.61. The second-order valence-electron chi connectivity index (χ2n) is 5.51. The van der Waals surface area contributed by atoms with Crippen molar-refractivity contribution >= 4 is 23.5 Å². The largest absolute Gasteiger partial charge is 0.295 e. The zero-order valence-electron chi connectivity index (χ0n) is 13.4. The molecule has 0 amide bonds. The van der Waals surface area contributed by atoms with Gasteiger partial charge in [-0.05, 0) is 55.8 Å². The first-order valence-electron chi connectivity index (χ1n) is 7.48. The van der Waals surface area contributed by atoms with Crippen molar-refractivity contribution in [2.24, 2.45) is 5.10 Å². The topological polar surface area (TPSA) is 62.2 Å². The van der Waals surface area contributed by atoms with Gasteiger partial charge in [0.05, 0.1) is 23.2 Å². The Morgan fingerprint density at radius 1 is 1.17 bits per heavy atom. The summed E-state index contributed by atoms with van der Waals surface area (Å²) in [6, 6.07) is 14.9. The van der Waals surface area contributed by atoms with E-state index in [2.05, 4.69) is 15.6 Å². The standard InChI is InChI=1S/C18H17ClN4O/c1-12-4-3-5-16(10-12)23-18(24)17(13(2)22-23)11-20-21-15-8-6-14(19)7-9-15/h3-11,21-22H,1-2H3. The van der Waals surface area contributed by atoms with Crippen LogP contribution in [0.15, 0.2) is 58.4 Å². The number of H-pyrrole nitrogens is 1. The maximum Gasteiger partial charge on any atom is 0.280 e. The molecule has 0 radical (unpaired) electrons. The summed E-state index contributed by atoms with van der Waals surface area (Å²) in [6.45, 7) is 3.83. The highest BCUT2D eigenvalue weighted by molar-refractivity contribution is 6.30. The SMILES string of the molecule is Cc1cccc(-n2[nH]c(C)c(C=NNc3ccc(Cl)cc3)c2=O)c1. The van der Waals surface area contributed by atoms with Crippen LogP contribution in [-0.2, 0) is 0 Å². The summed E-state index contributed by atoms with van der Waals surface area (Å²) < 4.78 is 1.52. The van der Waals surface area contributed by atoms with Gasteiger partial charge < -0.3 is 0 Å². The zero-order valence-corrected chi connectivity index (χ0v) is 14.1. The molecule has 1 heterocycles. The first-order valence-corrected chi connectivity index (χ1v) is 7.86. The Bertz CT molecular complexity index is 938. The lowest BCUT2D eigenvalue weighted by molar-refractivity contribution is 0.834. The number of nitrogens with zero attached hydrogens (tertiary/aromatic N) is 2. The molecule has 0 unspecified atom stereocenters. The van der Waals surface area contributed by atoms with Crippen LogP contribution in [0, 0.1) is 13.8 Å². The fourth-order valence-electron chi connectivity index (χ4n) is 2.36. The average Bonchev–Trinajstić information content (AvgIpc) is 2.85. The predicted molar refractivity (Wildman–Crippen MR) is 98.5 cm³/mol. The van der Waals surface area contributed by atoms with E-state index in [4.69, 9.17) is 11.6 Å². The monoisotopic (exact) mass is 340 g/mol. The minimum atomic E-state index is -0.139. The molecule has 5 nitrogen and oxygen atoms in total. The van der Waals surface area contributed by atoms with Gasteiger partial charge in [0.2, 0.25) is 0 Å². The number of anilines is 1. The highest BCUT2D eigenvalue weighted by Crippen LogP contribution is 2.13. The van der Waals surface area contributed by atoms with E-state index < -0.39 is 0 Å². The second kappa shape index (κ2) is 6.76. The van der Waals surface area contributed by atoms with Crippen LogP contribution >= 0.6 is 11.6 Å². The number of aromatic amines is 1. The number of hydrazone groups is 1. The van der Waals surface area contributed by atoms with E-state index >= 15 is 0 Å². The molecular weight excluding hydrogens is 324 g/mol. The van der Waals surface area contributed by atoms with Crippen molar-refractivity contribution in [2.45, 2.75) is 13.8 Å². The minimum Gasteiger partial charge on any atom is -0.295 e. The average molecular weight is 341 g/mol. The summed E-state index contributed by atoms with van der Waals surface area (Å²) in [4.78, 5) is 12.6. The first-order chi connectivity index (χ1) is 11.5. The van der Waals surface area contributed by atoms with E-state index in [-0.39, 0.29) is 5.56 Å². The Labute approximate surface area is 144 Å². The molecule has 1 aromatic heterocycles. The second-order valence-corrected chi connectivity index (χ2v) is 5.94. The first kappa shape index (κ1) is 16.1. The van der Waals surface area contributed by atoms with E-state index in [1.165, 1.54) is 10.9 Å². The van der Waals surface area contributed by atoms with Crippen LogP contribution in [0.5, 0.6) is 0 Å². The molecule has 0 saturated carbocycles. The number of halogens is 1. The number of benzene rings is 2. The highest BCUT2D eigenvalue weighted by Gasteiger charge is 2.10. The molecule has 3 aromatic rings. The van der Waals surface area contributed by atoms with E-state index in [1.807, 2.05) is 50.2 Å². The summed E-state index contributed by atoms with van der Waals surface area (Å²) in [6.07, 6.45) is 1.52. The Kier molecular flexibility index (Phi) is 4.53. The van der Waals surface area contributed by atoms with Crippen molar-refractivity contribution in [3.05, 3.63) is 80.7 Å². The lowest BCUT2D eigenvalue weighted by atomic mass is 10.2. The van der Waals surface area contributed by atoms with E-state index in [1.54, 1.807) is 12.1 Å². The molecule has 24 heavy (non-hydrogen) atoms. The molecule has 0 bridgehead atoms. The van der Waals surface area contributed by atoms with Gasteiger partial charge in [0.25, 0.3) is 5.56 Å². The van der Waals surface area contributed by atoms with Gasteiger partial charge in [0.15, 0.2) is 0 Å². The van der Waals surface area contributed by atoms with Gasteiger partial charge in [-0.3, -0.25) is 15.3 Å². The molecule has 2 aromatic carbocycles. The smallest absolute Gasteiger partial charge is 0.280 e. The molecule has 0 aliphatic rings. The number of hydrogen-bond acceptors (Lipinski definition) is 3. The van der Waals surface area contributed by atoms with E-state index in [0.29, 0.717) is 10.6 Å². The van der Waals surface area contributed by atoms with Gasteiger partial charge in [0.1, 0.15) is 0 Å². The van der Waals surface area contributed by atoms with Gasteiger partial charge in [-0.2, -0.15) is 5.10 Å². The molecule has 0 atom stereocenters. The molecule has 3 rings (SSSR count). The van der Waals surface area contributed by atoms with Crippen LogP contribution in [-0.4, -0.2) is 16.0 Å². The normalized spacial score (nSPS) is 11.1. The van der Waals surface area contributed by atoms with Crippen LogP contribution in [0.2, 0.25) is 5.02 Å². The molecule has 6 heteroatoms. The van der Waals surface area contributed by atoms with Crippen LogP contribution in [0.25, 0.3) is 5.69 Å². The van der Waals surface area contributed by atoms with E-state index in [0.717, 1.165) is 22.6 Å². The van der Waals surface area contributed by atoms with Crippen molar-refractivity contribution in [2.75, 3.05) is 5.43 Å². The van der Waals surface area contributed by atoms with Crippen LogP contribution in [0.3, 0.4) is 0 Å². The summed E-state index contributed by atoms with van der Waals surface area (Å²) in [5, 5.41) is 7.88. The molecule has 2 N–H and O–H groups in total. The summed E-state index contributed by atoms with van der Waals surface area (Å²) in [5.41, 5.74) is 6.69. The zero-order chi connectivity index (χ0) is 17.1. The number of rotatable bonds is 4. The van der Waals surface area contributed by atoms with Crippen molar-refractivity contribution < 1.29 is 0 Å². The van der Waals surface area contributed by atoms with Gasteiger partial charge in [-0.15, -0.1) is 0 Å². The number of aromatic nitrogens is 2. The Morgan fingerprint density at radius 3 is 2.62 bits per heavy atom. The van der Waals surface area contributed by atoms with Gasteiger partial charge >= 0.3 is 0 Å². The van der Waals surface area contributed by atoms with Crippen LogP contribution in [0.1, 0.15) is 16.8 Å². The summed E-state index contributed by atoms with van der Waals surface area (Å²) in [7, 11) is 0. The highest BCUT2D eigenvalue weighted by atomic mass is 35.5. The predicted octanol–water partition coefficient (Wildman–Crippen LogP) is 3.88. The number of nitrogens with one attached hydrogen (secondary N) is 2. The van der Waals surface area contributed by atoms with Crippen LogP contribution in [0.4, 0.5) is 5.69 Å². The van der Waals surface area contributed by atoms with Crippen molar-refractivity contribution in [1.29, 1.82) is 0 Å². The van der Waals surface area contributed by atoms with E-state index in [9.17, 15) is 4.79 Å². The quantitative estimate of drug-likeness (QED) is 0.559. The van der Waals surface area contributed by atoms with Gasteiger partial charge in [-0.25, -0.2) is 4.68 Å². The fraction of sp³-hybridized carbons (Fsp3) is 0.111. The number of aryl methyl sites for hydroxylation is 2. The summed E-state index contributed by atoms with van der Waals surface area (Å²) >= 11 is 5.84. The Morgan fingerprint density at radius 2 is 1.92 bits per heavy atom. The summed E-state index contributed by atoms with van der Waals surface area (Å²) in [5.74, 6) is 0. The van der Waals surface area contributed by atoms with Gasteiger partial charge in [0, 0.05) is 10.7 Å². The molecule has 122 valence electrons. The molecule has 0 spiro atoms. The Balaban J connectivity index is 1.85. The third kappa shape index (κ3) is 3.41. The lowest BCUT2D eigenvalue weighted by Crippen LogP contribution is -2.17. The molecular formula is C18H17ClN4O. The lowest BCUT2D eigenvalue weighted by Gasteiger charge is -2.02. The number of hydrogen-bond donors (Lipinski definition) is 2. The van der Waals surface area contributed by atoms with Crippen LogP contribution < -0.4 is 11.0 Å². The van der Waals surface area contributed by atoms with Crippen molar-refractivity contribution in [3.63, 3.8) is 0 Å². The van der Waals surface area contributed by atoms with Gasteiger partial charge in [-0.1, -0.05) is 23.7 Å². The Hall–Kier alpha value is -2.79. The minimum absolute atomic E-state index is 0.139. The third-order valence-corrected chi connectivity index (χ3v) is 3.86. The van der Waals surface area contributed by atoms with Crippen molar-refractivity contribution in [1.82, 2.24) is 9.78 Å². The molecule has 0 fully saturated rings. The maximum atomic E-state index is 12.6. The fourth-order valence-corrected chi connectivity index (χ4v) is 2.48. The maximum absolute atomic E-state index is 12.6.